The van der Waals surface area contributed by atoms with Gasteiger partial charge in [0.25, 0.3) is 5.91 Å². The Morgan fingerprint density at radius 3 is 2.46 bits per heavy atom. The lowest BCUT2D eigenvalue weighted by Gasteiger charge is -2.15. The first-order chi connectivity index (χ1) is 12.1. The molecule has 2 aromatic carbocycles. The molecule has 0 radical (unpaired) electrons. The normalized spacial score (nSPS) is 11.5. The van der Waals surface area contributed by atoms with Crippen molar-refractivity contribution in [3.63, 3.8) is 0 Å². The molecule has 0 fully saturated rings. The number of carbonyl (C=O) groups is 1. The summed E-state index contributed by atoms with van der Waals surface area (Å²) in [6.07, 6.45) is 0. The molecule has 26 heavy (non-hydrogen) atoms. The van der Waals surface area contributed by atoms with Gasteiger partial charge >= 0.3 is 0 Å². The van der Waals surface area contributed by atoms with Crippen molar-refractivity contribution in [1.82, 2.24) is 0 Å². The van der Waals surface area contributed by atoms with Crippen molar-refractivity contribution in [2.75, 3.05) is 11.9 Å². The third-order valence-electron chi connectivity index (χ3n) is 4.14. The summed E-state index contributed by atoms with van der Waals surface area (Å²) in [4.78, 5) is 12.2. The number of nitrogens with two attached hydrogens (primary N) is 1. The van der Waals surface area contributed by atoms with Crippen LogP contribution in [0, 0.1) is 13.8 Å². The zero-order valence-corrected chi connectivity index (χ0v) is 16.2. The lowest BCUT2D eigenvalue weighted by atomic mass is 10.0. The Hall–Kier alpha value is -2.38. The maximum atomic E-state index is 12.3. The highest BCUT2D eigenvalue weighted by molar-refractivity contribution is 7.89. The smallest absolute Gasteiger partial charge is 0.262 e. The second kappa shape index (κ2) is 7.88. The fourth-order valence-corrected chi connectivity index (χ4v) is 3.16. The van der Waals surface area contributed by atoms with Gasteiger partial charge in [0.05, 0.1) is 4.90 Å². The van der Waals surface area contributed by atoms with Crippen LogP contribution < -0.4 is 15.2 Å². The highest BCUT2D eigenvalue weighted by Crippen LogP contribution is 2.26. The van der Waals surface area contributed by atoms with E-state index in [4.69, 9.17) is 9.88 Å². The van der Waals surface area contributed by atoms with Crippen LogP contribution in [-0.2, 0) is 14.8 Å². The molecule has 0 aliphatic carbocycles. The summed E-state index contributed by atoms with van der Waals surface area (Å²) in [5.74, 6) is 0.548. The second-order valence-corrected chi connectivity index (χ2v) is 8.05. The highest BCUT2D eigenvalue weighted by Gasteiger charge is 2.15. The zero-order chi connectivity index (χ0) is 19.5. The van der Waals surface area contributed by atoms with E-state index in [1.54, 1.807) is 13.8 Å². The quantitative estimate of drug-likeness (QED) is 0.809. The number of aryl methyl sites for hydroxylation is 1. The van der Waals surface area contributed by atoms with Gasteiger partial charge in [0, 0.05) is 5.69 Å². The topological polar surface area (TPSA) is 98.5 Å². The number of sulfonamides is 1. The van der Waals surface area contributed by atoms with Gasteiger partial charge in [-0.2, -0.15) is 0 Å². The number of amides is 1. The van der Waals surface area contributed by atoms with Gasteiger partial charge in [-0.25, -0.2) is 13.6 Å². The Morgan fingerprint density at radius 2 is 1.85 bits per heavy atom. The number of anilines is 1. The molecule has 0 aliphatic rings. The van der Waals surface area contributed by atoms with Crippen molar-refractivity contribution in [1.29, 1.82) is 0 Å². The van der Waals surface area contributed by atoms with E-state index in [2.05, 4.69) is 5.32 Å². The van der Waals surface area contributed by atoms with Crippen LogP contribution in [0.25, 0.3) is 0 Å². The molecule has 0 spiro atoms. The van der Waals surface area contributed by atoms with Crippen LogP contribution in [0.4, 0.5) is 5.69 Å². The maximum Gasteiger partial charge on any atom is 0.262 e. The zero-order valence-electron chi connectivity index (χ0n) is 15.4. The molecule has 3 N–H and O–H groups in total. The molecule has 0 bridgehead atoms. The Morgan fingerprint density at radius 1 is 1.19 bits per heavy atom. The molecule has 7 heteroatoms. The lowest BCUT2D eigenvalue weighted by molar-refractivity contribution is -0.118. The summed E-state index contributed by atoms with van der Waals surface area (Å²) < 4.78 is 28.8. The van der Waals surface area contributed by atoms with Crippen LogP contribution in [0.15, 0.2) is 41.3 Å². The minimum atomic E-state index is -3.85. The van der Waals surface area contributed by atoms with Gasteiger partial charge in [-0.1, -0.05) is 32.0 Å². The van der Waals surface area contributed by atoms with Gasteiger partial charge in [0.2, 0.25) is 10.0 Å². The standard InChI is InChI=1S/C19H24N2O4S/c1-12(2)16-7-5-6-8-18(16)25-11-19(22)21-17-10-15(26(20,23)24)9-13(3)14(17)4/h5-10,12H,11H2,1-4H3,(H,21,22)(H2,20,23,24). The van der Waals surface area contributed by atoms with Crippen molar-refractivity contribution in [3.05, 3.63) is 53.1 Å². The van der Waals surface area contributed by atoms with Crippen LogP contribution in [0.1, 0.15) is 36.5 Å². The molecule has 6 nitrogen and oxygen atoms in total. The van der Waals surface area contributed by atoms with Crippen LogP contribution in [0.5, 0.6) is 5.75 Å². The minimum Gasteiger partial charge on any atom is -0.483 e. The molecular formula is C19H24N2O4S. The Kier molecular flexibility index (Phi) is 6.05. The van der Waals surface area contributed by atoms with Gasteiger partial charge in [0.1, 0.15) is 5.75 Å². The molecule has 0 heterocycles. The van der Waals surface area contributed by atoms with E-state index < -0.39 is 10.0 Å². The van der Waals surface area contributed by atoms with E-state index in [9.17, 15) is 13.2 Å². The summed E-state index contributed by atoms with van der Waals surface area (Å²) >= 11 is 0. The van der Waals surface area contributed by atoms with Crippen molar-refractivity contribution in [2.45, 2.75) is 38.5 Å². The molecule has 0 saturated carbocycles. The van der Waals surface area contributed by atoms with Gasteiger partial charge in [-0.05, 0) is 54.7 Å². The maximum absolute atomic E-state index is 12.3. The SMILES string of the molecule is Cc1cc(S(N)(=O)=O)cc(NC(=O)COc2ccccc2C(C)C)c1C. The summed E-state index contributed by atoms with van der Waals surface area (Å²) in [7, 11) is -3.85. The fourth-order valence-electron chi connectivity index (χ4n) is 2.54. The van der Waals surface area contributed by atoms with Crippen LogP contribution in [-0.4, -0.2) is 20.9 Å². The number of para-hydroxylation sites is 1. The van der Waals surface area contributed by atoms with Gasteiger partial charge in [0.15, 0.2) is 6.61 Å². The third-order valence-corrected chi connectivity index (χ3v) is 5.04. The number of benzene rings is 2. The van der Waals surface area contributed by atoms with Crippen LogP contribution in [0.3, 0.4) is 0 Å². The second-order valence-electron chi connectivity index (χ2n) is 6.49. The van der Waals surface area contributed by atoms with E-state index in [1.807, 2.05) is 38.1 Å². The summed E-state index contributed by atoms with van der Waals surface area (Å²) in [5, 5.41) is 7.89. The van der Waals surface area contributed by atoms with Gasteiger partial charge in [-0.3, -0.25) is 4.79 Å². The average Bonchev–Trinajstić information content (AvgIpc) is 2.56. The summed E-state index contributed by atoms with van der Waals surface area (Å²) in [6.45, 7) is 7.48. The summed E-state index contributed by atoms with van der Waals surface area (Å²) in [5.41, 5.74) is 2.91. The first-order valence-electron chi connectivity index (χ1n) is 8.25. The van der Waals surface area contributed by atoms with Gasteiger partial charge < -0.3 is 10.1 Å². The number of rotatable bonds is 6. The molecular weight excluding hydrogens is 352 g/mol. The molecule has 2 rings (SSSR count). The number of carbonyl (C=O) groups excluding carboxylic acids is 1. The molecule has 140 valence electrons. The third kappa shape index (κ3) is 4.83. The van der Waals surface area contributed by atoms with Crippen molar-refractivity contribution in [2.24, 2.45) is 5.14 Å². The molecule has 0 unspecified atom stereocenters. The van der Waals surface area contributed by atoms with E-state index in [-0.39, 0.29) is 23.3 Å². The van der Waals surface area contributed by atoms with Crippen molar-refractivity contribution < 1.29 is 17.9 Å². The first-order valence-corrected chi connectivity index (χ1v) is 9.80. The number of ether oxygens (including phenoxy) is 1. The van der Waals surface area contributed by atoms with Gasteiger partial charge in [-0.15, -0.1) is 0 Å². The fraction of sp³-hybridized carbons (Fsp3) is 0.316. The van der Waals surface area contributed by atoms with E-state index in [0.717, 1.165) is 16.7 Å². The van der Waals surface area contributed by atoms with Crippen molar-refractivity contribution >= 4 is 21.6 Å². The number of hydrogen-bond acceptors (Lipinski definition) is 4. The Balaban J connectivity index is 2.15. The molecule has 1 amide bonds. The summed E-state index contributed by atoms with van der Waals surface area (Å²) in [6, 6.07) is 10.4. The molecule has 0 atom stereocenters. The number of hydrogen-bond donors (Lipinski definition) is 2. The van der Waals surface area contributed by atoms with E-state index >= 15 is 0 Å². The first kappa shape index (κ1) is 19.9. The number of primary sulfonamides is 1. The molecule has 0 saturated heterocycles. The lowest BCUT2D eigenvalue weighted by Crippen LogP contribution is -2.22. The Bertz CT molecular complexity index is 921. The Labute approximate surface area is 154 Å². The minimum absolute atomic E-state index is 0.0398. The monoisotopic (exact) mass is 376 g/mol. The highest BCUT2D eigenvalue weighted by atomic mass is 32.2. The van der Waals surface area contributed by atoms with E-state index in [1.165, 1.54) is 12.1 Å². The molecule has 0 aromatic heterocycles. The molecule has 2 aromatic rings. The van der Waals surface area contributed by atoms with Crippen molar-refractivity contribution in [3.8, 4) is 5.75 Å². The number of nitrogens with one attached hydrogen (secondary N) is 1. The molecule has 0 aliphatic heterocycles. The van der Waals surface area contributed by atoms with E-state index in [0.29, 0.717) is 11.4 Å². The average molecular weight is 376 g/mol. The predicted octanol–water partition coefficient (Wildman–Crippen LogP) is 3.09. The predicted molar refractivity (Wildman–Crippen MR) is 102 cm³/mol. The van der Waals surface area contributed by atoms with Crippen LogP contribution in [0.2, 0.25) is 0 Å². The van der Waals surface area contributed by atoms with Crippen LogP contribution >= 0.6 is 0 Å². The largest absolute Gasteiger partial charge is 0.483 e.